The van der Waals surface area contributed by atoms with E-state index in [1.54, 1.807) is 0 Å². The lowest BCUT2D eigenvalue weighted by Gasteiger charge is -2.11. The monoisotopic (exact) mass is 203 g/mol. The summed E-state index contributed by atoms with van der Waals surface area (Å²) in [6.45, 7) is 1.53. The zero-order valence-electron chi connectivity index (χ0n) is 6.41. The number of alkyl halides is 4. The van der Waals surface area contributed by atoms with Crippen molar-refractivity contribution in [1.82, 2.24) is 5.32 Å². The molecular weight excluding hydrogens is 195 g/mol. The van der Waals surface area contributed by atoms with E-state index in [1.165, 1.54) is 6.92 Å². The van der Waals surface area contributed by atoms with E-state index in [0.717, 1.165) is 0 Å². The number of carbonyl (C=O) groups is 1. The van der Waals surface area contributed by atoms with E-state index in [9.17, 15) is 18.0 Å². The summed E-state index contributed by atoms with van der Waals surface area (Å²) in [5.41, 5.74) is 0. The van der Waals surface area contributed by atoms with Gasteiger partial charge in [0.2, 0.25) is 5.91 Å². The van der Waals surface area contributed by atoms with Crippen LogP contribution in [0.1, 0.15) is 13.3 Å². The van der Waals surface area contributed by atoms with E-state index in [-0.39, 0.29) is 5.88 Å². The fourth-order valence-electron chi connectivity index (χ4n) is 0.546. The summed E-state index contributed by atoms with van der Waals surface area (Å²) in [6.07, 6.45) is -5.90. The van der Waals surface area contributed by atoms with Gasteiger partial charge in [0.1, 0.15) is 6.42 Å². The molecule has 2 nitrogen and oxygen atoms in total. The van der Waals surface area contributed by atoms with Gasteiger partial charge in [-0.25, -0.2) is 0 Å². The quantitative estimate of drug-likeness (QED) is 0.695. The fourth-order valence-corrected chi connectivity index (χ4v) is 0.624. The Morgan fingerprint density at radius 1 is 1.58 bits per heavy atom. The Morgan fingerprint density at radius 2 is 2.08 bits per heavy atom. The molecule has 1 atom stereocenters. The van der Waals surface area contributed by atoms with Crippen molar-refractivity contribution in [3.63, 3.8) is 0 Å². The molecule has 0 aromatic rings. The normalized spacial score (nSPS) is 14.1. The van der Waals surface area contributed by atoms with Crippen LogP contribution < -0.4 is 5.32 Å². The molecule has 0 saturated heterocycles. The van der Waals surface area contributed by atoms with Crippen molar-refractivity contribution in [2.45, 2.75) is 25.6 Å². The van der Waals surface area contributed by atoms with Crippen molar-refractivity contribution in [3.8, 4) is 0 Å². The molecule has 0 aliphatic rings. The van der Waals surface area contributed by atoms with Crippen LogP contribution in [0.15, 0.2) is 0 Å². The number of halogens is 4. The summed E-state index contributed by atoms with van der Waals surface area (Å²) >= 11 is 5.27. The van der Waals surface area contributed by atoms with E-state index in [4.69, 9.17) is 11.6 Å². The highest BCUT2D eigenvalue weighted by Gasteiger charge is 2.31. The highest BCUT2D eigenvalue weighted by Crippen LogP contribution is 2.18. The number of nitrogens with one attached hydrogen (secondary N) is 1. The minimum Gasteiger partial charge on any atom is -0.352 e. The minimum absolute atomic E-state index is 0.101. The molecular formula is C6H9ClF3NO. The number of hydrogen-bond donors (Lipinski definition) is 1. The number of amides is 1. The molecule has 0 aromatic carbocycles. The van der Waals surface area contributed by atoms with Crippen LogP contribution in [0.2, 0.25) is 0 Å². The van der Waals surface area contributed by atoms with E-state index < -0.39 is 24.5 Å². The highest BCUT2D eigenvalue weighted by atomic mass is 35.5. The third-order valence-corrected chi connectivity index (χ3v) is 1.46. The van der Waals surface area contributed by atoms with Gasteiger partial charge < -0.3 is 5.32 Å². The standard InChI is InChI=1S/C6H9ClF3NO/c1-4(3-7)11-5(12)2-6(8,9)10/h4H,2-3H2,1H3,(H,11,12). The maximum absolute atomic E-state index is 11.6. The molecule has 0 aliphatic carbocycles. The van der Waals surface area contributed by atoms with Gasteiger partial charge in [-0.1, -0.05) is 0 Å². The predicted molar refractivity (Wildman–Crippen MR) is 39.0 cm³/mol. The molecule has 0 spiro atoms. The van der Waals surface area contributed by atoms with E-state index in [2.05, 4.69) is 5.32 Å². The first kappa shape index (κ1) is 11.6. The van der Waals surface area contributed by atoms with Gasteiger partial charge in [0.05, 0.1) is 0 Å². The summed E-state index contributed by atoms with van der Waals surface area (Å²) in [7, 11) is 0. The lowest BCUT2D eigenvalue weighted by molar-refractivity contribution is -0.154. The van der Waals surface area contributed by atoms with E-state index in [0.29, 0.717) is 0 Å². The van der Waals surface area contributed by atoms with Crippen molar-refractivity contribution in [1.29, 1.82) is 0 Å². The van der Waals surface area contributed by atoms with E-state index in [1.807, 2.05) is 0 Å². The van der Waals surface area contributed by atoms with Gasteiger partial charge in [0, 0.05) is 11.9 Å². The second-order valence-electron chi connectivity index (χ2n) is 2.41. The highest BCUT2D eigenvalue weighted by molar-refractivity contribution is 6.18. The van der Waals surface area contributed by atoms with Crippen molar-refractivity contribution in [2.24, 2.45) is 0 Å². The molecule has 12 heavy (non-hydrogen) atoms. The third-order valence-electron chi connectivity index (χ3n) is 1.000. The number of rotatable bonds is 3. The van der Waals surface area contributed by atoms with Gasteiger partial charge in [-0.2, -0.15) is 13.2 Å². The van der Waals surface area contributed by atoms with Gasteiger partial charge in [-0.3, -0.25) is 4.79 Å². The minimum atomic E-state index is -4.45. The molecule has 0 bridgehead atoms. The molecule has 1 N–H and O–H groups in total. The maximum atomic E-state index is 11.6. The van der Waals surface area contributed by atoms with Crippen LogP contribution in [-0.4, -0.2) is 24.0 Å². The van der Waals surface area contributed by atoms with Gasteiger partial charge in [0.15, 0.2) is 0 Å². The van der Waals surface area contributed by atoms with Crippen LogP contribution in [0, 0.1) is 0 Å². The Hall–Kier alpha value is -0.450. The maximum Gasteiger partial charge on any atom is 0.397 e. The molecule has 0 rings (SSSR count). The Kier molecular flexibility index (Phi) is 4.37. The largest absolute Gasteiger partial charge is 0.397 e. The molecule has 72 valence electrons. The average Bonchev–Trinajstić information content (AvgIpc) is 1.82. The second-order valence-corrected chi connectivity index (χ2v) is 2.72. The Bertz CT molecular complexity index is 159. The summed E-state index contributed by atoms with van der Waals surface area (Å²) in [5.74, 6) is -0.945. The van der Waals surface area contributed by atoms with Gasteiger partial charge in [-0.05, 0) is 6.92 Å². The molecule has 0 aromatic heterocycles. The first-order valence-corrected chi connectivity index (χ1v) is 3.80. The predicted octanol–water partition coefficient (Wildman–Crippen LogP) is 1.68. The topological polar surface area (TPSA) is 29.1 Å². The first-order chi connectivity index (χ1) is 5.35. The summed E-state index contributed by atoms with van der Waals surface area (Å²) in [5, 5.41) is 2.10. The van der Waals surface area contributed by atoms with Crippen molar-refractivity contribution < 1.29 is 18.0 Å². The van der Waals surface area contributed by atoms with Crippen LogP contribution in [0.25, 0.3) is 0 Å². The van der Waals surface area contributed by atoms with Crippen LogP contribution in [-0.2, 0) is 4.79 Å². The molecule has 0 aliphatic heterocycles. The Morgan fingerprint density at radius 3 is 2.42 bits per heavy atom. The lowest BCUT2D eigenvalue weighted by atomic mass is 10.3. The van der Waals surface area contributed by atoms with Gasteiger partial charge in [-0.15, -0.1) is 11.6 Å². The zero-order chi connectivity index (χ0) is 9.78. The lowest BCUT2D eigenvalue weighted by Crippen LogP contribution is -2.36. The molecule has 0 heterocycles. The van der Waals surface area contributed by atoms with Crippen molar-refractivity contribution >= 4 is 17.5 Å². The zero-order valence-corrected chi connectivity index (χ0v) is 7.17. The Balaban J connectivity index is 3.75. The van der Waals surface area contributed by atoms with Crippen LogP contribution in [0.5, 0.6) is 0 Å². The van der Waals surface area contributed by atoms with Crippen LogP contribution >= 0.6 is 11.6 Å². The van der Waals surface area contributed by atoms with Crippen molar-refractivity contribution in [3.05, 3.63) is 0 Å². The molecule has 1 amide bonds. The summed E-state index contributed by atoms with van der Waals surface area (Å²) < 4.78 is 34.7. The summed E-state index contributed by atoms with van der Waals surface area (Å²) in [4.78, 5) is 10.5. The number of carbonyl (C=O) groups excluding carboxylic acids is 1. The first-order valence-electron chi connectivity index (χ1n) is 3.27. The molecule has 0 radical (unpaired) electrons. The smallest absolute Gasteiger partial charge is 0.352 e. The van der Waals surface area contributed by atoms with Crippen molar-refractivity contribution in [2.75, 3.05) is 5.88 Å². The fraction of sp³-hybridized carbons (Fsp3) is 0.833. The average molecular weight is 204 g/mol. The number of hydrogen-bond acceptors (Lipinski definition) is 1. The molecule has 0 fully saturated rings. The third kappa shape index (κ3) is 6.27. The van der Waals surface area contributed by atoms with Crippen LogP contribution in [0.4, 0.5) is 13.2 Å². The summed E-state index contributed by atoms with van der Waals surface area (Å²) in [6, 6.07) is -0.429. The molecule has 1 unspecified atom stereocenters. The molecule has 0 saturated carbocycles. The van der Waals surface area contributed by atoms with Gasteiger partial charge >= 0.3 is 6.18 Å². The van der Waals surface area contributed by atoms with E-state index >= 15 is 0 Å². The molecule has 6 heteroatoms. The SMILES string of the molecule is CC(CCl)NC(=O)CC(F)(F)F. The second kappa shape index (κ2) is 4.54. The van der Waals surface area contributed by atoms with Gasteiger partial charge in [0.25, 0.3) is 0 Å². The Labute approximate surface area is 73.1 Å². The van der Waals surface area contributed by atoms with Crippen LogP contribution in [0.3, 0.4) is 0 Å².